The summed E-state index contributed by atoms with van der Waals surface area (Å²) in [5, 5.41) is 12.5. The van der Waals surface area contributed by atoms with E-state index in [1.807, 2.05) is 43.7 Å². The van der Waals surface area contributed by atoms with Gasteiger partial charge in [0.05, 0.1) is 17.9 Å². The zero-order valence-electron chi connectivity index (χ0n) is 19.8. The summed E-state index contributed by atoms with van der Waals surface area (Å²) >= 11 is 2.76. The van der Waals surface area contributed by atoms with Crippen LogP contribution < -0.4 is 10.1 Å². The Balaban J connectivity index is 1.37. The summed E-state index contributed by atoms with van der Waals surface area (Å²) in [5.74, 6) is 1.06. The van der Waals surface area contributed by atoms with Gasteiger partial charge in [-0.25, -0.2) is 4.79 Å². The first-order chi connectivity index (χ1) is 16.4. The van der Waals surface area contributed by atoms with E-state index in [1.165, 1.54) is 28.7 Å². The number of thioether (sulfide) groups is 1. The van der Waals surface area contributed by atoms with E-state index in [0.717, 1.165) is 41.0 Å². The monoisotopic (exact) mass is 500 g/mol. The lowest BCUT2D eigenvalue weighted by atomic mass is 10.1. The van der Waals surface area contributed by atoms with Crippen molar-refractivity contribution in [2.24, 2.45) is 7.05 Å². The van der Waals surface area contributed by atoms with Gasteiger partial charge in [-0.1, -0.05) is 23.9 Å². The zero-order chi connectivity index (χ0) is 24.2. The number of rotatable bonds is 9. The van der Waals surface area contributed by atoms with E-state index in [1.54, 1.807) is 6.92 Å². The molecule has 10 heteroatoms. The molecule has 0 atom stereocenters. The minimum Gasteiger partial charge on any atom is -0.485 e. The first-order valence-electron chi connectivity index (χ1n) is 11.2. The molecule has 180 valence electrons. The quantitative estimate of drug-likeness (QED) is 0.342. The van der Waals surface area contributed by atoms with Gasteiger partial charge in [0.1, 0.15) is 17.4 Å². The third-order valence-corrected chi connectivity index (χ3v) is 8.05. The summed E-state index contributed by atoms with van der Waals surface area (Å²) in [6.07, 6.45) is 2.80. The van der Waals surface area contributed by atoms with E-state index in [4.69, 9.17) is 9.47 Å². The van der Waals surface area contributed by atoms with Crippen molar-refractivity contribution in [2.75, 3.05) is 17.7 Å². The number of thiophene rings is 1. The Labute approximate surface area is 207 Å². The topological polar surface area (TPSA) is 95.3 Å². The number of anilines is 1. The van der Waals surface area contributed by atoms with Gasteiger partial charge in [0.15, 0.2) is 11.0 Å². The number of ether oxygens (including phenoxy) is 2. The normalized spacial score (nSPS) is 12.5. The van der Waals surface area contributed by atoms with Crippen molar-refractivity contribution in [2.45, 2.75) is 51.8 Å². The Hall–Kier alpha value is -2.85. The molecule has 34 heavy (non-hydrogen) atoms. The van der Waals surface area contributed by atoms with Crippen LogP contribution in [-0.4, -0.2) is 39.0 Å². The van der Waals surface area contributed by atoms with Crippen LogP contribution in [-0.2, 0) is 36.0 Å². The van der Waals surface area contributed by atoms with E-state index < -0.39 is 0 Å². The highest BCUT2D eigenvalue weighted by atomic mass is 32.2. The Morgan fingerprint density at radius 1 is 1.24 bits per heavy atom. The van der Waals surface area contributed by atoms with E-state index in [-0.39, 0.29) is 24.2 Å². The summed E-state index contributed by atoms with van der Waals surface area (Å²) in [5.41, 5.74) is 3.80. The van der Waals surface area contributed by atoms with E-state index in [2.05, 4.69) is 15.5 Å². The zero-order valence-corrected chi connectivity index (χ0v) is 21.4. The summed E-state index contributed by atoms with van der Waals surface area (Å²) < 4.78 is 13.0. The van der Waals surface area contributed by atoms with Crippen LogP contribution in [0.25, 0.3) is 0 Å². The van der Waals surface area contributed by atoms with Crippen molar-refractivity contribution in [1.29, 1.82) is 0 Å². The number of hydrogen-bond donors (Lipinski definition) is 1. The van der Waals surface area contributed by atoms with Gasteiger partial charge < -0.3 is 19.4 Å². The molecule has 0 spiro atoms. The maximum Gasteiger partial charge on any atom is 0.341 e. The first kappa shape index (κ1) is 24.3. The molecule has 1 N–H and O–H groups in total. The van der Waals surface area contributed by atoms with Crippen LogP contribution >= 0.6 is 23.1 Å². The predicted octanol–water partition coefficient (Wildman–Crippen LogP) is 4.47. The molecular formula is C24H28N4O4S2. The fraction of sp³-hybridized carbons (Fsp3) is 0.417. The number of aromatic nitrogens is 3. The van der Waals surface area contributed by atoms with Crippen LogP contribution in [0.4, 0.5) is 5.00 Å². The van der Waals surface area contributed by atoms with Crippen molar-refractivity contribution in [3.63, 3.8) is 0 Å². The average Bonchev–Trinajstić information content (AvgIpc) is 3.48. The standard InChI is InChI=1S/C24H28N4O4S2/c1-5-31-23(30)21-16-9-7-11-18(16)34-22(21)25-20(29)13-33-24-27-26-19(28(24)4)12-32-17-10-6-8-14(2)15(17)3/h6,8,10H,5,7,9,11-13H2,1-4H3,(H,25,29). The predicted molar refractivity (Wildman–Crippen MR) is 133 cm³/mol. The third-order valence-electron chi connectivity index (χ3n) is 5.82. The molecule has 1 aliphatic carbocycles. The molecule has 0 unspecified atom stereocenters. The molecule has 0 saturated heterocycles. The molecule has 1 aromatic carbocycles. The maximum absolute atomic E-state index is 12.7. The minimum absolute atomic E-state index is 0.147. The van der Waals surface area contributed by atoms with Crippen molar-refractivity contribution in [3.05, 3.63) is 51.2 Å². The Morgan fingerprint density at radius 2 is 2.06 bits per heavy atom. The van der Waals surface area contributed by atoms with Gasteiger partial charge in [0.2, 0.25) is 5.91 Å². The molecule has 0 aliphatic heterocycles. The molecule has 2 aromatic heterocycles. The van der Waals surface area contributed by atoms with Gasteiger partial charge in [-0.2, -0.15) is 0 Å². The van der Waals surface area contributed by atoms with Gasteiger partial charge >= 0.3 is 5.97 Å². The van der Waals surface area contributed by atoms with Gasteiger partial charge in [-0.05, 0) is 62.8 Å². The Kier molecular flexibility index (Phi) is 7.57. The number of hydrogen-bond acceptors (Lipinski definition) is 8. The lowest BCUT2D eigenvalue weighted by molar-refractivity contribution is -0.113. The lowest BCUT2D eigenvalue weighted by Gasteiger charge is -2.10. The van der Waals surface area contributed by atoms with E-state index in [9.17, 15) is 9.59 Å². The highest BCUT2D eigenvalue weighted by Gasteiger charge is 2.28. The number of benzene rings is 1. The number of nitrogens with zero attached hydrogens (tertiary/aromatic N) is 3. The fourth-order valence-corrected chi connectivity index (χ4v) is 5.85. The van der Waals surface area contributed by atoms with Crippen LogP contribution in [0.5, 0.6) is 5.75 Å². The fourth-order valence-electron chi connectivity index (χ4n) is 3.82. The smallest absolute Gasteiger partial charge is 0.341 e. The number of aryl methyl sites for hydroxylation is 2. The molecule has 2 heterocycles. The number of carbonyl (C=O) groups excluding carboxylic acids is 2. The van der Waals surface area contributed by atoms with Crippen LogP contribution in [0.1, 0.15) is 51.1 Å². The highest BCUT2D eigenvalue weighted by Crippen LogP contribution is 2.39. The second-order valence-corrected chi connectivity index (χ2v) is 10.1. The SMILES string of the molecule is CCOC(=O)c1c(NC(=O)CSc2nnc(COc3cccc(C)c3C)n2C)sc2c1CCC2. The summed E-state index contributed by atoms with van der Waals surface area (Å²) in [4.78, 5) is 26.3. The maximum atomic E-state index is 12.7. The molecule has 4 rings (SSSR count). The molecule has 0 fully saturated rings. The van der Waals surface area contributed by atoms with Crippen molar-refractivity contribution in [1.82, 2.24) is 14.8 Å². The van der Waals surface area contributed by atoms with Gasteiger partial charge in [0.25, 0.3) is 0 Å². The molecule has 0 radical (unpaired) electrons. The molecule has 8 nitrogen and oxygen atoms in total. The van der Waals surface area contributed by atoms with Crippen LogP contribution in [0, 0.1) is 13.8 Å². The van der Waals surface area contributed by atoms with Crippen LogP contribution in [0.15, 0.2) is 23.4 Å². The van der Waals surface area contributed by atoms with Gasteiger partial charge in [-0.3, -0.25) is 4.79 Å². The summed E-state index contributed by atoms with van der Waals surface area (Å²) in [7, 11) is 1.85. The Morgan fingerprint density at radius 3 is 2.85 bits per heavy atom. The first-order valence-corrected chi connectivity index (χ1v) is 13.0. The average molecular weight is 501 g/mol. The van der Waals surface area contributed by atoms with Crippen LogP contribution in [0.2, 0.25) is 0 Å². The second kappa shape index (κ2) is 10.6. The summed E-state index contributed by atoms with van der Waals surface area (Å²) in [6.45, 7) is 6.43. The third kappa shape index (κ3) is 5.12. The number of carbonyl (C=O) groups is 2. The van der Waals surface area contributed by atoms with Crippen LogP contribution in [0.3, 0.4) is 0 Å². The largest absolute Gasteiger partial charge is 0.485 e. The van der Waals surface area contributed by atoms with E-state index in [0.29, 0.717) is 28.2 Å². The molecule has 3 aromatic rings. The Bertz CT molecular complexity index is 1220. The number of fused-ring (bicyclic) bond motifs is 1. The molecule has 0 bridgehead atoms. The van der Waals surface area contributed by atoms with Crippen molar-refractivity contribution < 1.29 is 19.1 Å². The van der Waals surface area contributed by atoms with Gasteiger partial charge in [-0.15, -0.1) is 21.5 Å². The van der Waals surface area contributed by atoms with E-state index >= 15 is 0 Å². The molecule has 0 saturated carbocycles. The second-order valence-electron chi connectivity index (χ2n) is 8.06. The number of esters is 1. The van der Waals surface area contributed by atoms with Crippen molar-refractivity contribution in [3.8, 4) is 5.75 Å². The summed E-state index contributed by atoms with van der Waals surface area (Å²) in [6, 6.07) is 5.94. The minimum atomic E-state index is -0.369. The number of nitrogens with one attached hydrogen (secondary N) is 1. The van der Waals surface area contributed by atoms with Crippen molar-refractivity contribution >= 4 is 40.0 Å². The molecule has 1 amide bonds. The lowest BCUT2D eigenvalue weighted by Crippen LogP contribution is -2.17. The molecule has 1 aliphatic rings. The van der Waals surface area contributed by atoms with Gasteiger partial charge in [0, 0.05) is 11.9 Å². The molecular weight excluding hydrogens is 472 g/mol. The highest BCUT2D eigenvalue weighted by molar-refractivity contribution is 7.99. The number of amides is 1.